The van der Waals surface area contributed by atoms with Crippen LogP contribution in [0.3, 0.4) is 0 Å². The van der Waals surface area contributed by atoms with Crippen molar-refractivity contribution in [2.24, 2.45) is 0 Å². The molecule has 7 N–H and O–H groups in total. The zero-order valence-corrected chi connectivity index (χ0v) is 43.4. The molecule has 0 spiro atoms. The number of nitrogens with one attached hydrogen (secondary N) is 1. The summed E-state index contributed by atoms with van der Waals surface area (Å²) in [6, 6.07) is 56.0. The lowest BCUT2D eigenvalue weighted by atomic mass is 9.99. The predicted molar refractivity (Wildman–Crippen MR) is 323 cm³/mol. The number of alkyl halides is 2. The topological polar surface area (TPSA) is 175 Å². The number of hydrogen-bond acceptors (Lipinski definition) is 9. The lowest BCUT2D eigenvalue weighted by Gasteiger charge is -2.13. The zero-order valence-electron chi connectivity index (χ0n) is 41.9. The summed E-state index contributed by atoms with van der Waals surface area (Å²) in [6.45, 7) is 11.9. The minimum Gasteiger partial charge on any atom is -0.382 e. The van der Waals surface area contributed by atoms with Gasteiger partial charge in [0.15, 0.2) is 5.43 Å². The van der Waals surface area contributed by atoms with Gasteiger partial charge in [0.25, 0.3) is 0 Å². The van der Waals surface area contributed by atoms with E-state index in [1.807, 2.05) is 91.0 Å². The SMILES string of the molecule is C.C=Cc1cc(C)ccc1-c1nc(Cc2ccccc2)c(N)nc1C=C.Cc1ccc2c(ccc3nc(N)c(Cc4ccccc4)nc32)c1.ClCCCl.Nc1nc2ccc3cc(=O)ccc3c2[nH]c1Cc1ccccc1. The van der Waals surface area contributed by atoms with Crippen LogP contribution in [0.15, 0.2) is 188 Å². The van der Waals surface area contributed by atoms with E-state index in [1.54, 1.807) is 18.2 Å². The molecule has 11 rings (SSSR count). The molecule has 8 aromatic carbocycles. The maximum absolute atomic E-state index is 11.5. The fourth-order valence-corrected chi connectivity index (χ4v) is 8.63. The molecule has 0 radical (unpaired) electrons. The third-order valence-electron chi connectivity index (χ3n) is 12.3. The summed E-state index contributed by atoms with van der Waals surface area (Å²) in [5.41, 5.74) is 33.7. The van der Waals surface area contributed by atoms with Crippen molar-refractivity contribution in [2.45, 2.75) is 40.5 Å². The van der Waals surface area contributed by atoms with E-state index >= 15 is 0 Å². The van der Waals surface area contributed by atoms with Crippen molar-refractivity contribution in [1.29, 1.82) is 0 Å². The fourth-order valence-electron chi connectivity index (χ4n) is 8.63. The number of aromatic nitrogens is 6. The Hall–Kier alpha value is -8.70. The molecule has 3 heterocycles. The normalized spacial score (nSPS) is 10.6. The number of fused-ring (bicyclic) bond motifs is 6. The lowest BCUT2D eigenvalue weighted by molar-refractivity contribution is 1.04. The van der Waals surface area contributed by atoms with Crippen molar-refractivity contribution in [3.05, 3.63) is 249 Å². The van der Waals surface area contributed by atoms with Crippen LogP contribution in [-0.4, -0.2) is 41.7 Å². The molecule has 12 heteroatoms. The standard InChI is InChI=1S/C22H21N3.C20H17N3.C19H15N3O.C2H4Cl2.CH4/c1-4-17-13-15(3)11-12-18(17)21-19(5-2)25-22(23)20(24-21)14-16-9-7-6-8-10-16;1-13-7-9-16-15(11-13)8-10-17-19(16)22-18(20(21)23-17)12-14-5-3-2-4-6-14;20-19-17(10-12-4-2-1-3-5-12)21-18-15-8-7-14(23)11-13(15)6-9-16(18)22-19;3-1-2-4;/h4-13H,1-2,14H2,3H3,(H2,23,25);2-11H,12H2,1H3,(H2,21,23);1-9,11,21H,10,20H2;1-2H2;1H4. The van der Waals surface area contributed by atoms with Crippen LogP contribution >= 0.6 is 23.2 Å². The number of rotatable bonds is 10. The van der Waals surface area contributed by atoms with Crippen LogP contribution in [0, 0.1) is 13.8 Å². The van der Waals surface area contributed by atoms with Gasteiger partial charge in [-0.15, -0.1) is 23.2 Å². The van der Waals surface area contributed by atoms with E-state index in [1.165, 1.54) is 27.6 Å². The van der Waals surface area contributed by atoms with Crippen LogP contribution in [0.1, 0.15) is 63.6 Å². The zero-order chi connectivity index (χ0) is 52.8. The number of aryl methyl sites for hydroxylation is 2. The Morgan fingerprint density at radius 1 is 0.526 bits per heavy atom. The first-order valence-electron chi connectivity index (χ1n) is 24.4. The third kappa shape index (κ3) is 13.5. The quantitative estimate of drug-likeness (QED) is 0.0767. The Morgan fingerprint density at radius 2 is 1.05 bits per heavy atom. The largest absolute Gasteiger partial charge is 0.382 e. The fraction of sp³-hybridized carbons (Fsp3) is 0.125. The van der Waals surface area contributed by atoms with Gasteiger partial charge in [-0.3, -0.25) is 4.79 Å². The Bertz CT molecular complexity index is 3850. The number of anilines is 3. The molecule has 0 atom stereocenters. The molecule has 76 heavy (non-hydrogen) atoms. The van der Waals surface area contributed by atoms with Crippen molar-refractivity contribution in [3.63, 3.8) is 0 Å². The molecule has 0 fully saturated rings. The molecule has 0 aliphatic heterocycles. The van der Waals surface area contributed by atoms with E-state index in [0.29, 0.717) is 54.2 Å². The number of nitrogen functional groups attached to an aromatic ring is 3. The van der Waals surface area contributed by atoms with E-state index in [4.69, 9.17) is 50.4 Å². The summed E-state index contributed by atoms with van der Waals surface area (Å²) >= 11 is 10.1. The second-order valence-corrected chi connectivity index (χ2v) is 18.6. The summed E-state index contributed by atoms with van der Waals surface area (Å²) in [6.07, 6.45) is 5.55. The highest BCUT2D eigenvalue weighted by molar-refractivity contribution is 6.26. The van der Waals surface area contributed by atoms with E-state index in [0.717, 1.165) is 77.7 Å². The molecule has 0 amide bonds. The second-order valence-electron chi connectivity index (χ2n) is 17.8. The molecule has 0 bridgehead atoms. The Labute approximate surface area is 454 Å². The average molecular weight is 1040 g/mol. The summed E-state index contributed by atoms with van der Waals surface area (Å²) < 4.78 is 0. The molecule has 11 aromatic rings. The first-order valence-corrected chi connectivity index (χ1v) is 25.4. The number of benzene rings is 8. The molecular formula is C64H61Cl2N9O. The van der Waals surface area contributed by atoms with Gasteiger partial charge in [-0.2, -0.15) is 0 Å². The number of H-pyrrole nitrogens is 1. The average Bonchev–Trinajstić information content (AvgIpc) is 3.44. The minimum atomic E-state index is 0. The van der Waals surface area contributed by atoms with Gasteiger partial charge >= 0.3 is 0 Å². The summed E-state index contributed by atoms with van der Waals surface area (Å²) in [4.78, 5) is 38.2. The van der Waals surface area contributed by atoms with Gasteiger partial charge < -0.3 is 22.2 Å². The lowest BCUT2D eigenvalue weighted by Crippen LogP contribution is -2.06. The smallest absolute Gasteiger partial charge is 0.179 e. The van der Waals surface area contributed by atoms with Gasteiger partial charge in [-0.25, -0.2) is 24.9 Å². The Kier molecular flexibility index (Phi) is 18.8. The van der Waals surface area contributed by atoms with Crippen LogP contribution in [-0.2, 0) is 19.3 Å². The van der Waals surface area contributed by atoms with E-state index in [2.05, 4.69) is 120 Å². The van der Waals surface area contributed by atoms with Gasteiger partial charge in [0.1, 0.15) is 17.5 Å². The van der Waals surface area contributed by atoms with Crippen LogP contribution in [0.25, 0.3) is 67.0 Å². The molecular weight excluding hydrogens is 982 g/mol. The van der Waals surface area contributed by atoms with Crippen molar-refractivity contribution >= 4 is 96.4 Å². The van der Waals surface area contributed by atoms with Gasteiger partial charge in [0.05, 0.1) is 50.5 Å². The maximum atomic E-state index is 11.5. The maximum Gasteiger partial charge on any atom is 0.179 e. The second kappa shape index (κ2) is 26.0. The van der Waals surface area contributed by atoms with Crippen LogP contribution in [0.4, 0.5) is 17.5 Å². The molecule has 0 aliphatic carbocycles. The third-order valence-corrected chi connectivity index (χ3v) is 12.9. The van der Waals surface area contributed by atoms with Crippen molar-refractivity contribution < 1.29 is 0 Å². The number of halogens is 2. The molecule has 10 nitrogen and oxygen atoms in total. The number of hydrogen-bond donors (Lipinski definition) is 4. The van der Waals surface area contributed by atoms with Crippen molar-refractivity contribution in [1.82, 2.24) is 29.9 Å². The number of nitrogens with two attached hydrogens (primary N) is 3. The summed E-state index contributed by atoms with van der Waals surface area (Å²) in [5, 5.41) is 4.18. The van der Waals surface area contributed by atoms with E-state index in [-0.39, 0.29) is 12.9 Å². The van der Waals surface area contributed by atoms with Gasteiger partial charge in [-0.1, -0.05) is 177 Å². The van der Waals surface area contributed by atoms with Crippen LogP contribution < -0.4 is 22.6 Å². The number of nitrogens with zero attached hydrogens (tertiary/aromatic N) is 5. The Morgan fingerprint density at radius 3 is 1.66 bits per heavy atom. The summed E-state index contributed by atoms with van der Waals surface area (Å²) in [5.74, 6) is 2.56. The van der Waals surface area contributed by atoms with Crippen molar-refractivity contribution in [3.8, 4) is 11.3 Å². The highest BCUT2D eigenvalue weighted by Gasteiger charge is 2.16. The van der Waals surface area contributed by atoms with Crippen molar-refractivity contribution in [2.75, 3.05) is 29.0 Å². The van der Waals surface area contributed by atoms with Crippen LogP contribution in [0.2, 0.25) is 0 Å². The highest BCUT2D eigenvalue weighted by atomic mass is 35.5. The van der Waals surface area contributed by atoms with Gasteiger partial charge in [0, 0.05) is 47.4 Å². The summed E-state index contributed by atoms with van der Waals surface area (Å²) in [7, 11) is 0. The first kappa shape index (κ1) is 55.1. The first-order chi connectivity index (χ1) is 36.4. The van der Waals surface area contributed by atoms with Gasteiger partial charge in [0.2, 0.25) is 0 Å². The molecule has 3 aromatic heterocycles. The van der Waals surface area contributed by atoms with Gasteiger partial charge in [-0.05, 0) is 83.3 Å². The number of aromatic amines is 1. The monoisotopic (exact) mass is 1040 g/mol. The van der Waals surface area contributed by atoms with E-state index < -0.39 is 0 Å². The van der Waals surface area contributed by atoms with Crippen LogP contribution in [0.5, 0.6) is 0 Å². The highest BCUT2D eigenvalue weighted by Crippen LogP contribution is 2.31. The predicted octanol–water partition coefficient (Wildman–Crippen LogP) is 14.5. The minimum absolute atomic E-state index is 0. The Balaban J connectivity index is 0.000000159. The molecule has 0 aliphatic rings. The molecule has 0 saturated carbocycles. The molecule has 0 saturated heterocycles. The molecule has 0 unspecified atom stereocenters. The van der Waals surface area contributed by atoms with E-state index in [9.17, 15) is 4.79 Å². The molecule has 382 valence electrons.